The third kappa shape index (κ3) is 3.88. The van der Waals surface area contributed by atoms with Crippen LogP contribution in [0.15, 0.2) is 55.2 Å². The second-order valence-corrected chi connectivity index (χ2v) is 7.30. The molecule has 5 nitrogen and oxygen atoms in total. The van der Waals surface area contributed by atoms with E-state index in [0.717, 1.165) is 20.3 Å². The normalized spacial score (nSPS) is 11.4. The van der Waals surface area contributed by atoms with Crippen molar-refractivity contribution in [3.63, 3.8) is 0 Å². The number of hydrogen-bond donors (Lipinski definition) is 0. The molecular formula is C19H17Br2N3O2. The lowest BCUT2D eigenvalue weighted by Gasteiger charge is -2.08. The Morgan fingerprint density at radius 1 is 1.19 bits per heavy atom. The zero-order valence-electron chi connectivity index (χ0n) is 14.4. The van der Waals surface area contributed by atoms with Crippen molar-refractivity contribution in [2.24, 2.45) is 5.10 Å². The van der Waals surface area contributed by atoms with Crippen LogP contribution in [0.3, 0.4) is 0 Å². The van der Waals surface area contributed by atoms with Gasteiger partial charge in [0.1, 0.15) is 11.6 Å². The summed E-state index contributed by atoms with van der Waals surface area (Å²) in [5.41, 5.74) is 1.34. The Morgan fingerprint density at radius 2 is 2.00 bits per heavy atom. The van der Waals surface area contributed by atoms with Crippen LogP contribution in [0, 0.1) is 0 Å². The molecule has 134 valence electrons. The maximum Gasteiger partial charge on any atom is 0.282 e. The van der Waals surface area contributed by atoms with Gasteiger partial charge in [0.15, 0.2) is 0 Å². The SMILES string of the molecule is CCOc1ccc(C=Nn2c(CC)nc3ccc(Br)cc3c2=O)cc1Br. The number of aryl methyl sites for hydroxylation is 1. The van der Waals surface area contributed by atoms with Gasteiger partial charge in [-0.05, 0) is 64.8 Å². The van der Waals surface area contributed by atoms with Crippen LogP contribution in [0.25, 0.3) is 10.9 Å². The maximum atomic E-state index is 12.8. The Morgan fingerprint density at radius 3 is 2.69 bits per heavy atom. The van der Waals surface area contributed by atoms with Gasteiger partial charge in [0.2, 0.25) is 0 Å². The van der Waals surface area contributed by atoms with E-state index in [1.54, 1.807) is 12.3 Å². The molecule has 7 heteroatoms. The highest BCUT2D eigenvalue weighted by molar-refractivity contribution is 9.10. The van der Waals surface area contributed by atoms with E-state index >= 15 is 0 Å². The first kappa shape index (κ1) is 18.8. The summed E-state index contributed by atoms with van der Waals surface area (Å²) in [5.74, 6) is 1.39. The molecule has 0 amide bonds. The number of halogens is 2. The Kier molecular flexibility index (Phi) is 5.88. The van der Waals surface area contributed by atoms with Crippen molar-refractivity contribution >= 4 is 49.0 Å². The Bertz CT molecular complexity index is 1040. The van der Waals surface area contributed by atoms with E-state index in [9.17, 15) is 4.79 Å². The molecule has 0 aliphatic carbocycles. The topological polar surface area (TPSA) is 56.5 Å². The lowest BCUT2D eigenvalue weighted by atomic mass is 10.2. The first-order valence-corrected chi connectivity index (χ1v) is 9.80. The first-order chi connectivity index (χ1) is 12.5. The molecule has 1 aromatic heterocycles. The molecule has 3 aromatic rings. The third-order valence-corrected chi connectivity index (χ3v) is 4.88. The molecule has 3 rings (SSSR count). The van der Waals surface area contributed by atoms with Crippen molar-refractivity contribution in [2.75, 3.05) is 6.61 Å². The molecule has 0 bridgehead atoms. The highest BCUT2D eigenvalue weighted by Gasteiger charge is 2.09. The van der Waals surface area contributed by atoms with E-state index < -0.39 is 0 Å². The number of rotatable bonds is 5. The largest absolute Gasteiger partial charge is 0.493 e. The Hall–Kier alpha value is -1.99. The fraction of sp³-hybridized carbons (Fsp3) is 0.211. The first-order valence-electron chi connectivity index (χ1n) is 8.21. The van der Waals surface area contributed by atoms with Crippen LogP contribution >= 0.6 is 31.9 Å². The average molecular weight is 479 g/mol. The monoisotopic (exact) mass is 477 g/mol. The lowest BCUT2D eigenvalue weighted by molar-refractivity contribution is 0.338. The van der Waals surface area contributed by atoms with Crippen molar-refractivity contribution < 1.29 is 4.74 Å². The van der Waals surface area contributed by atoms with Gasteiger partial charge < -0.3 is 4.74 Å². The van der Waals surface area contributed by atoms with Crippen LogP contribution in [-0.2, 0) is 6.42 Å². The van der Waals surface area contributed by atoms with Crippen LogP contribution in [0.2, 0.25) is 0 Å². The third-order valence-electron chi connectivity index (χ3n) is 3.77. The number of fused-ring (bicyclic) bond motifs is 1. The van der Waals surface area contributed by atoms with Gasteiger partial charge in [0, 0.05) is 10.9 Å². The Balaban J connectivity index is 2.05. The summed E-state index contributed by atoms with van der Waals surface area (Å²) < 4.78 is 8.54. The predicted molar refractivity (Wildman–Crippen MR) is 111 cm³/mol. The van der Waals surface area contributed by atoms with E-state index in [1.807, 2.05) is 44.2 Å². The number of benzene rings is 2. The summed E-state index contributed by atoms with van der Waals surface area (Å²) >= 11 is 6.88. The molecule has 0 N–H and O–H groups in total. The van der Waals surface area contributed by atoms with Crippen molar-refractivity contribution in [1.82, 2.24) is 9.66 Å². The minimum atomic E-state index is -0.186. The quantitative estimate of drug-likeness (QED) is 0.496. The van der Waals surface area contributed by atoms with Gasteiger partial charge in [0.05, 0.1) is 28.2 Å². The molecule has 0 atom stereocenters. The number of nitrogens with zero attached hydrogens (tertiary/aromatic N) is 3. The van der Waals surface area contributed by atoms with Gasteiger partial charge in [-0.2, -0.15) is 9.78 Å². The van der Waals surface area contributed by atoms with Crippen LogP contribution in [-0.4, -0.2) is 22.5 Å². The van der Waals surface area contributed by atoms with Gasteiger partial charge in [-0.3, -0.25) is 4.79 Å². The summed E-state index contributed by atoms with van der Waals surface area (Å²) in [6.45, 7) is 4.48. The fourth-order valence-electron chi connectivity index (χ4n) is 2.54. The number of aromatic nitrogens is 2. The molecule has 0 radical (unpaired) electrons. The molecule has 0 saturated carbocycles. The number of hydrogen-bond acceptors (Lipinski definition) is 4. The smallest absolute Gasteiger partial charge is 0.282 e. The molecule has 0 fully saturated rings. The second kappa shape index (κ2) is 8.14. The minimum Gasteiger partial charge on any atom is -0.493 e. The molecule has 0 saturated heterocycles. The standard InChI is InChI=1S/C19H17Br2N3O2/c1-3-18-23-16-7-6-13(20)10-14(16)19(25)24(18)22-11-12-5-8-17(26-4-2)15(21)9-12/h5-11H,3-4H2,1-2H3. The Labute approximate surface area is 168 Å². The zero-order chi connectivity index (χ0) is 18.7. The molecular weight excluding hydrogens is 462 g/mol. The van der Waals surface area contributed by atoms with Gasteiger partial charge in [-0.1, -0.05) is 22.9 Å². The van der Waals surface area contributed by atoms with Crippen molar-refractivity contribution in [3.8, 4) is 5.75 Å². The van der Waals surface area contributed by atoms with Crippen LogP contribution in [0.5, 0.6) is 5.75 Å². The fourth-order valence-corrected chi connectivity index (χ4v) is 3.41. The highest BCUT2D eigenvalue weighted by Crippen LogP contribution is 2.25. The summed E-state index contributed by atoms with van der Waals surface area (Å²) in [5, 5.41) is 4.91. The van der Waals surface area contributed by atoms with Crippen LogP contribution < -0.4 is 10.3 Å². The van der Waals surface area contributed by atoms with Crippen molar-refractivity contribution in [1.29, 1.82) is 0 Å². The molecule has 0 unspecified atom stereocenters. The summed E-state index contributed by atoms with van der Waals surface area (Å²) in [4.78, 5) is 17.4. The summed E-state index contributed by atoms with van der Waals surface area (Å²) in [6, 6.07) is 11.1. The summed E-state index contributed by atoms with van der Waals surface area (Å²) in [6.07, 6.45) is 2.25. The van der Waals surface area contributed by atoms with E-state index in [2.05, 4.69) is 41.9 Å². The van der Waals surface area contributed by atoms with E-state index in [-0.39, 0.29) is 5.56 Å². The molecule has 0 aliphatic rings. The van der Waals surface area contributed by atoms with Gasteiger partial charge in [0.25, 0.3) is 5.56 Å². The molecule has 0 aliphatic heterocycles. The van der Waals surface area contributed by atoms with E-state index in [1.165, 1.54) is 4.68 Å². The summed E-state index contributed by atoms with van der Waals surface area (Å²) in [7, 11) is 0. The van der Waals surface area contributed by atoms with Crippen molar-refractivity contribution in [3.05, 3.63) is 67.1 Å². The van der Waals surface area contributed by atoms with Gasteiger partial charge >= 0.3 is 0 Å². The average Bonchev–Trinajstić information content (AvgIpc) is 2.63. The van der Waals surface area contributed by atoms with Gasteiger partial charge in [-0.25, -0.2) is 4.98 Å². The molecule has 26 heavy (non-hydrogen) atoms. The van der Waals surface area contributed by atoms with Crippen molar-refractivity contribution in [2.45, 2.75) is 20.3 Å². The van der Waals surface area contributed by atoms with Gasteiger partial charge in [-0.15, -0.1) is 0 Å². The van der Waals surface area contributed by atoms with E-state index in [4.69, 9.17) is 4.74 Å². The number of ether oxygens (including phenoxy) is 1. The second-order valence-electron chi connectivity index (χ2n) is 5.53. The predicted octanol–water partition coefficient (Wildman–Crippen LogP) is 4.76. The van der Waals surface area contributed by atoms with Crippen LogP contribution in [0.4, 0.5) is 0 Å². The molecule has 0 spiro atoms. The maximum absolute atomic E-state index is 12.8. The zero-order valence-corrected chi connectivity index (χ0v) is 17.5. The molecule has 2 aromatic carbocycles. The van der Waals surface area contributed by atoms with E-state index in [0.29, 0.717) is 29.8 Å². The lowest BCUT2D eigenvalue weighted by Crippen LogP contribution is -2.22. The highest BCUT2D eigenvalue weighted by atomic mass is 79.9. The minimum absolute atomic E-state index is 0.186. The molecule has 1 heterocycles. The van der Waals surface area contributed by atoms with Crippen LogP contribution in [0.1, 0.15) is 25.2 Å².